The molecule has 18 heavy (non-hydrogen) atoms. The first kappa shape index (κ1) is 12.0. The average Bonchev–Trinajstić information content (AvgIpc) is 3.04. The zero-order chi connectivity index (χ0) is 12.0. The minimum absolute atomic E-state index is 0.249. The number of nitrogens with one attached hydrogen (secondary N) is 1. The molecule has 102 valence electrons. The lowest BCUT2D eigenvalue weighted by atomic mass is 9.89. The maximum atomic E-state index is 6.15. The Hall–Kier alpha value is 0.230. The summed E-state index contributed by atoms with van der Waals surface area (Å²) in [6.45, 7) is 4.87. The van der Waals surface area contributed by atoms with Gasteiger partial charge in [-0.2, -0.15) is 11.8 Å². The lowest BCUT2D eigenvalue weighted by Crippen LogP contribution is -2.49. The molecule has 1 spiro atoms. The van der Waals surface area contributed by atoms with Gasteiger partial charge in [0.05, 0.1) is 5.60 Å². The molecule has 0 radical (unpaired) electrons. The van der Waals surface area contributed by atoms with Crippen molar-refractivity contribution in [1.29, 1.82) is 0 Å². The van der Waals surface area contributed by atoms with Crippen molar-refractivity contribution < 1.29 is 4.74 Å². The number of hydrogen-bond donors (Lipinski definition) is 1. The summed E-state index contributed by atoms with van der Waals surface area (Å²) in [6.07, 6.45) is 5.23. The van der Waals surface area contributed by atoms with Crippen LogP contribution in [0.1, 0.15) is 25.7 Å². The number of nitrogens with zero attached hydrogens (tertiary/aromatic N) is 1. The van der Waals surface area contributed by atoms with Gasteiger partial charge in [0.2, 0.25) is 0 Å². The van der Waals surface area contributed by atoms with E-state index in [1.165, 1.54) is 56.8 Å². The normalized spacial score (nSPS) is 49.0. The zero-order valence-electron chi connectivity index (χ0n) is 11.1. The monoisotopic (exact) mass is 268 g/mol. The fraction of sp³-hybridized carbons (Fsp3) is 1.00. The molecule has 2 unspecified atom stereocenters. The summed E-state index contributed by atoms with van der Waals surface area (Å²) >= 11 is 2.08. The van der Waals surface area contributed by atoms with Gasteiger partial charge in [-0.25, -0.2) is 0 Å². The van der Waals surface area contributed by atoms with Gasteiger partial charge in [-0.3, -0.25) is 4.90 Å². The molecule has 0 aromatic rings. The van der Waals surface area contributed by atoms with E-state index in [1.807, 2.05) is 0 Å². The average molecular weight is 268 g/mol. The van der Waals surface area contributed by atoms with Crippen LogP contribution in [0, 0.1) is 5.92 Å². The van der Waals surface area contributed by atoms with Gasteiger partial charge in [0.15, 0.2) is 0 Å². The third kappa shape index (κ3) is 2.01. The second-order valence-electron chi connectivity index (χ2n) is 6.54. The van der Waals surface area contributed by atoms with Gasteiger partial charge < -0.3 is 10.1 Å². The fourth-order valence-electron chi connectivity index (χ4n) is 4.36. The molecule has 0 aromatic heterocycles. The van der Waals surface area contributed by atoms with E-state index in [0.717, 1.165) is 24.6 Å². The highest BCUT2D eigenvalue weighted by atomic mass is 32.2. The van der Waals surface area contributed by atoms with Crippen LogP contribution in [-0.4, -0.2) is 60.3 Å². The number of rotatable bonds is 1. The van der Waals surface area contributed by atoms with Crippen molar-refractivity contribution in [3.8, 4) is 0 Å². The van der Waals surface area contributed by atoms with Crippen molar-refractivity contribution in [2.75, 3.05) is 37.7 Å². The molecular weight excluding hydrogens is 244 g/mol. The smallest absolute Gasteiger partial charge is 0.0795 e. The van der Waals surface area contributed by atoms with Crippen molar-refractivity contribution in [3.05, 3.63) is 0 Å². The Labute approximate surface area is 114 Å². The SMILES string of the molecule is C1C[C@H]2CN(C3CCOC4(CCSC4)C3)C[C@H]2N1. The first-order chi connectivity index (χ1) is 8.85. The Bertz CT molecular complexity index is 307. The maximum Gasteiger partial charge on any atom is 0.0795 e. The van der Waals surface area contributed by atoms with Gasteiger partial charge in [-0.1, -0.05) is 0 Å². The number of ether oxygens (including phenoxy) is 1. The van der Waals surface area contributed by atoms with Crippen molar-refractivity contribution in [2.24, 2.45) is 5.92 Å². The van der Waals surface area contributed by atoms with Crippen LogP contribution in [-0.2, 0) is 4.74 Å². The standard InChI is InChI=1S/C14H24N2OS/c1-4-15-13-9-16(8-11(1)13)12-2-5-17-14(7-12)3-6-18-10-14/h11-13,15H,1-10H2/t11-,12?,13+,14?/m0/s1. The highest BCUT2D eigenvalue weighted by molar-refractivity contribution is 7.99. The highest BCUT2D eigenvalue weighted by Crippen LogP contribution is 2.40. The topological polar surface area (TPSA) is 24.5 Å². The van der Waals surface area contributed by atoms with Crippen molar-refractivity contribution in [1.82, 2.24) is 10.2 Å². The second kappa shape index (κ2) is 4.65. The van der Waals surface area contributed by atoms with Gasteiger partial charge in [0, 0.05) is 37.5 Å². The third-order valence-electron chi connectivity index (χ3n) is 5.44. The molecule has 4 aliphatic heterocycles. The Balaban J connectivity index is 1.42. The minimum Gasteiger partial charge on any atom is -0.374 e. The molecule has 0 aromatic carbocycles. The van der Waals surface area contributed by atoms with Gasteiger partial charge in [-0.15, -0.1) is 0 Å². The van der Waals surface area contributed by atoms with E-state index in [2.05, 4.69) is 22.0 Å². The second-order valence-corrected chi connectivity index (χ2v) is 7.65. The van der Waals surface area contributed by atoms with Crippen LogP contribution in [0.5, 0.6) is 0 Å². The maximum absolute atomic E-state index is 6.15. The summed E-state index contributed by atoms with van der Waals surface area (Å²) < 4.78 is 6.15. The van der Waals surface area contributed by atoms with Crippen LogP contribution in [0.4, 0.5) is 0 Å². The lowest BCUT2D eigenvalue weighted by Gasteiger charge is -2.41. The Morgan fingerprint density at radius 3 is 3.11 bits per heavy atom. The van der Waals surface area contributed by atoms with Crippen molar-refractivity contribution in [2.45, 2.75) is 43.4 Å². The molecule has 4 atom stereocenters. The summed E-state index contributed by atoms with van der Waals surface area (Å²) in [5.41, 5.74) is 0.249. The molecule has 4 heterocycles. The largest absolute Gasteiger partial charge is 0.374 e. The Kier molecular flexibility index (Phi) is 3.10. The van der Waals surface area contributed by atoms with E-state index in [1.54, 1.807) is 0 Å². The number of likely N-dealkylation sites (tertiary alicyclic amines) is 1. The zero-order valence-corrected chi connectivity index (χ0v) is 11.9. The van der Waals surface area contributed by atoms with E-state index in [-0.39, 0.29) is 5.60 Å². The minimum atomic E-state index is 0.249. The van der Waals surface area contributed by atoms with Gasteiger partial charge in [0.25, 0.3) is 0 Å². The molecular formula is C14H24N2OS. The van der Waals surface area contributed by atoms with E-state index < -0.39 is 0 Å². The molecule has 4 heteroatoms. The van der Waals surface area contributed by atoms with Crippen LogP contribution in [0.2, 0.25) is 0 Å². The molecule has 0 bridgehead atoms. The molecule has 4 fully saturated rings. The number of fused-ring (bicyclic) bond motifs is 1. The van der Waals surface area contributed by atoms with E-state index in [4.69, 9.17) is 4.74 Å². The summed E-state index contributed by atoms with van der Waals surface area (Å²) in [4.78, 5) is 2.77. The Morgan fingerprint density at radius 2 is 2.28 bits per heavy atom. The summed E-state index contributed by atoms with van der Waals surface area (Å²) in [7, 11) is 0. The van der Waals surface area contributed by atoms with Crippen LogP contribution in [0.15, 0.2) is 0 Å². The third-order valence-corrected chi connectivity index (χ3v) is 6.66. The molecule has 4 rings (SSSR count). The molecule has 4 saturated heterocycles. The fourth-order valence-corrected chi connectivity index (χ4v) is 5.74. The molecule has 4 aliphatic rings. The first-order valence-electron chi connectivity index (χ1n) is 7.54. The van der Waals surface area contributed by atoms with Crippen LogP contribution in [0.25, 0.3) is 0 Å². The molecule has 1 N–H and O–H groups in total. The number of thioether (sulfide) groups is 1. The molecule has 0 aliphatic carbocycles. The van der Waals surface area contributed by atoms with E-state index in [9.17, 15) is 0 Å². The van der Waals surface area contributed by atoms with E-state index in [0.29, 0.717) is 0 Å². The summed E-state index contributed by atoms with van der Waals surface area (Å²) in [5.74, 6) is 3.48. The predicted octanol–water partition coefficient (Wildman–Crippen LogP) is 1.33. The van der Waals surface area contributed by atoms with Crippen LogP contribution < -0.4 is 5.32 Å². The Morgan fingerprint density at radius 1 is 1.28 bits per heavy atom. The van der Waals surface area contributed by atoms with E-state index >= 15 is 0 Å². The quantitative estimate of drug-likeness (QED) is 0.775. The van der Waals surface area contributed by atoms with Crippen molar-refractivity contribution >= 4 is 11.8 Å². The van der Waals surface area contributed by atoms with Crippen LogP contribution in [0.3, 0.4) is 0 Å². The first-order valence-corrected chi connectivity index (χ1v) is 8.69. The summed E-state index contributed by atoms with van der Waals surface area (Å²) in [5, 5.41) is 3.67. The molecule has 0 amide bonds. The van der Waals surface area contributed by atoms with Crippen molar-refractivity contribution in [3.63, 3.8) is 0 Å². The van der Waals surface area contributed by atoms with Crippen LogP contribution >= 0.6 is 11.8 Å². The predicted molar refractivity (Wildman–Crippen MR) is 75.1 cm³/mol. The lowest BCUT2D eigenvalue weighted by molar-refractivity contribution is -0.0874. The summed E-state index contributed by atoms with van der Waals surface area (Å²) in [6, 6.07) is 1.59. The molecule has 3 nitrogen and oxygen atoms in total. The van der Waals surface area contributed by atoms with Gasteiger partial charge in [-0.05, 0) is 43.9 Å². The highest BCUT2D eigenvalue weighted by Gasteiger charge is 2.45. The van der Waals surface area contributed by atoms with Gasteiger partial charge >= 0.3 is 0 Å². The number of hydrogen-bond acceptors (Lipinski definition) is 4. The molecule has 0 saturated carbocycles. The van der Waals surface area contributed by atoms with Gasteiger partial charge in [0.1, 0.15) is 0 Å².